The number of aryl methyl sites for hydroxylation is 1. The van der Waals surface area contributed by atoms with Crippen molar-refractivity contribution in [2.45, 2.75) is 58.0 Å². The zero-order chi connectivity index (χ0) is 18.6. The normalized spacial score (nSPS) is 13.9. The number of benzene rings is 1. The molecule has 7 nitrogen and oxygen atoms in total. The van der Waals surface area contributed by atoms with Crippen molar-refractivity contribution in [2.24, 2.45) is 0 Å². The Balaban J connectivity index is 1.99. The minimum Gasteiger partial charge on any atom is -0.481 e. The maximum absolute atomic E-state index is 12.2. The second-order valence-electron chi connectivity index (χ2n) is 7.13. The van der Waals surface area contributed by atoms with Crippen molar-refractivity contribution in [1.82, 2.24) is 10.6 Å². The monoisotopic (exact) mass is 347 g/mol. The molecule has 0 saturated heterocycles. The molecule has 0 unspecified atom stereocenters. The summed E-state index contributed by atoms with van der Waals surface area (Å²) >= 11 is 0. The summed E-state index contributed by atoms with van der Waals surface area (Å²) in [6, 6.07) is 5.00. The van der Waals surface area contributed by atoms with Crippen molar-refractivity contribution >= 4 is 23.6 Å². The van der Waals surface area contributed by atoms with Crippen molar-refractivity contribution < 1.29 is 19.5 Å². The Morgan fingerprint density at radius 3 is 2.52 bits per heavy atom. The van der Waals surface area contributed by atoms with Gasteiger partial charge in [0.2, 0.25) is 0 Å². The lowest BCUT2D eigenvalue weighted by Gasteiger charge is -2.26. The molecule has 4 N–H and O–H groups in total. The van der Waals surface area contributed by atoms with Crippen molar-refractivity contribution in [2.75, 3.05) is 5.32 Å². The second-order valence-corrected chi connectivity index (χ2v) is 7.13. The third kappa shape index (κ3) is 6.10. The number of urea groups is 1. The van der Waals surface area contributed by atoms with Gasteiger partial charge in [0.05, 0.1) is 0 Å². The summed E-state index contributed by atoms with van der Waals surface area (Å²) in [7, 11) is 0. The highest BCUT2D eigenvalue weighted by atomic mass is 16.4. The molecule has 0 heterocycles. The van der Waals surface area contributed by atoms with Crippen LogP contribution in [-0.4, -0.2) is 34.6 Å². The first-order valence-electron chi connectivity index (χ1n) is 8.39. The number of carbonyl (C=O) groups excluding carboxylic acids is 2. The van der Waals surface area contributed by atoms with Crippen LogP contribution in [0.2, 0.25) is 0 Å². The average Bonchev–Trinajstić information content (AvgIpc) is 3.31. The van der Waals surface area contributed by atoms with Crippen LogP contribution in [-0.2, 0) is 4.79 Å². The van der Waals surface area contributed by atoms with Crippen LogP contribution in [0.4, 0.5) is 10.5 Å². The van der Waals surface area contributed by atoms with E-state index in [1.165, 1.54) is 0 Å². The fraction of sp³-hybridized carbons (Fsp3) is 0.500. The van der Waals surface area contributed by atoms with Crippen LogP contribution in [0.25, 0.3) is 0 Å². The molecule has 3 amide bonds. The van der Waals surface area contributed by atoms with E-state index in [1.807, 2.05) is 6.92 Å². The molecule has 7 heteroatoms. The molecule has 25 heavy (non-hydrogen) atoms. The third-order valence-corrected chi connectivity index (χ3v) is 4.08. The number of carboxylic acid groups (broad SMARTS) is 1. The molecule has 1 aliphatic carbocycles. The zero-order valence-electron chi connectivity index (χ0n) is 14.8. The van der Waals surface area contributed by atoms with Crippen LogP contribution >= 0.6 is 0 Å². The maximum atomic E-state index is 12.2. The number of aliphatic carboxylic acids is 1. The first-order chi connectivity index (χ1) is 11.7. The van der Waals surface area contributed by atoms with Crippen molar-refractivity contribution in [3.05, 3.63) is 29.3 Å². The Bertz CT molecular complexity index is 681. The quantitative estimate of drug-likeness (QED) is 0.608. The molecule has 1 saturated carbocycles. The van der Waals surface area contributed by atoms with E-state index in [9.17, 15) is 14.4 Å². The third-order valence-electron chi connectivity index (χ3n) is 4.08. The Kier molecular flexibility index (Phi) is 5.66. The molecule has 1 fully saturated rings. The van der Waals surface area contributed by atoms with Gasteiger partial charge in [-0.3, -0.25) is 9.59 Å². The Hall–Kier alpha value is -2.57. The summed E-state index contributed by atoms with van der Waals surface area (Å²) in [5.74, 6) is -1.05. The van der Waals surface area contributed by atoms with Gasteiger partial charge in [0.25, 0.3) is 5.91 Å². The lowest BCUT2D eigenvalue weighted by Crippen LogP contribution is -2.45. The van der Waals surface area contributed by atoms with Gasteiger partial charge in [-0.2, -0.15) is 0 Å². The number of rotatable bonds is 7. The van der Waals surface area contributed by atoms with Gasteiger partial charge in [0.1, 0.15) is 0 Å². The highest BCUT2D eigenvalue weighted by Crippen LogP contribution is 2.21. The molecule has 1 aromatic rings. The molecule has 0 radical (unpaired) electrons. The van der Waals surface area contributed by atoms with Crippen LogP contribution in [0.3, 0.4) is 0 Å². The number of carbonyl (C=O) groups is 3. The minimum atomic E-state index is -0.902. The van der Waals surface area contributed by atoms with E-state index in [4.69, 9.17) is 5.11 Å². The first-order valence-corrected chi connectivity index (χ1v) is 8.39. The van der Waals surface area contributed by atoms with E-state index >= 15 is 0 Å². The van der Waals surface area contributed by atoms with Gasteiger partial charge in [-0.15, -0.1) is 0 Å². The van der Waals surface area contributed by atoms with Crippen LogP contribution in [0.5, 0.6) is 0 Å². The molecular weight excluding hydrogens is 322 g/mol. The van der Waals surface area contributed by atoms with Gasteiger partial charge >= 0.3 is 12.0 Å². The van der Waals surface area contributed by atoms with E-state index in [2.05, 4.69) is 16.0 Å². The van der Waals surface area contributed by atoms with Gasteiger partial charge < -0.3 is 21.1 Å². The van der Waals surface area contributed by atoms with Crippen LogP contribution < -0.4 is 16.0 Å². The van der Waals surface area contributed by atoms with Gasteiger partial charge in [-0.1, -0.05) is 6.07 Å². The summed E-state index contributed by atoms with van der Waals surface area (Å²) in [5, 5.41) is 17.2. The predicted molar refractivity (Wildman–Crippen MR) is 94.8 cm³/mol. The van der Waals surface area contributed by atoms with Crippen molar-refractivity contribution in [3.63, 3.8) is 0 Å². The highest BCUT2D eigenvalue weighted by Gasteiger charge is 2.24. The summed E-state index contributed by atoms with van der Waals surface area (Å²) in [6.07, 6.45) is 2.31. The fourth-order valence-corrected chi connectivity index (χ4v) is 2.34. The minimum absolute atomic E-state index is 0.0247. The summed E-state index contributed by atoms with van der Waals surface area (Å²) in [6.45, 7) is 5.37. The van der Waals surface area contributed by atoms with Crippen molar-refractivity contribution in [1.29, 1.82) is 0 Å². The van der Waals surface area contributed by atoms with E-state index < -0.39 is 17.5 Å². The molecule has 0 aromatic heterocycles. The molecule has 1 aromatic carbocycles. The van der Waals surface area contributed by atoms with Crippen LogP contribution in [0.1, 0.15) is 55.5 Å². The van der Waals surface area contributed by atoms with E-state index in [1.54, 1.807) is 32.0 Å². The van der Waals surface area contributed by atoms with Gasteiger partial charge in [0.15, 0.2) is 0 Å². The largest absolute Gasteiger partial charge is 0.481 e. The number of hydrogen-bond donors (Lipinski definition) is 4. The summed E-state index contributed by atoms with van der Waals surface area (Å²) < 4.78 is 0. The number of nitrogens with one attached hydrogen (secondary N) is 3. The number of amides is 3. The molecule has 0 bridgehead atoms. The average molecular weight is 347 g/mol. The second kappa shape index (κ2) is 7.55. The highest BCUT2D eigenvalue weighted by molar-refractivity contribution is 5.97. The lowest BCUT2D eigenvalue weighted by molar-refractivity contribution is -0.137. The Morgan fingerprint density at radius 1 is 1.24 bits per heavy atom. The first kappa shape index (κ1) is 18.8. The van der Waals surface area contributed by atoms with Crippen molar-refractivity contribution in [3.8, 4) is 0 Å². The molecule has 0 atom stereocenters. The molecule has 0 spiro atoms. The number of carboxylic acids is 1. The van der Waals surface area contributed by atoms with E-state index in [-0.39, 0.29) is 18.4 Å². The maximum Gasteiger partial charge on any atom is 0.319 e. The fourth-order valence-electron chi connectivity index (χ4n) is 2.34. The van der Waals surface area contributed by atoms with Gasteiger partial charge in [-0.05, 0) is 57.7 Å². The SMILES string of the molecule is Cc1ccc(C(=O)NC2CC2)cc1NC(=O)NC(C)(C)CCC(=O)O. The van der Waals surface area contributed by atoms with Gasteiger partial charge in [-0.25, -0.2) is 4.79 Å². The molecule has 136 valence electrons. The van der Waals surface area contributed by atoms with Gasteiger partial charge in [0, 0.05) is 29.3 Å². The van der Waals surface area contributed by atoms with Crippen LogP contribution in [0.15, 0.2) is 18.2 Å². The molecular formula is C18H25N3O4. The molecule has 0 aliphatic heterocycles. The number of hydrogen-bond acceptors (Lipinski definition) is 3. The number of anilines is 1. The van der Waals surface area contributed by atoms with Crippen LogP contribution in [0, 0.1) is 6.92 Å². The smallest absolute Gasteiger partial charge is 0.319 e. The zero-order valence-corrected chi connectivity index (χ0v) is 14.8. The van der Waals surface area contributed by atoms with E-state index in [0.717, 1.165) is 18.4 Å². The summed E-state index contributed by atoms with van der Waals surface area (Å²) in [5.41, 5.74) is 1.23. The standard InChI is InChI=1S/C18H25N3O4/c1-11-4-5-12(16(24)19-13-6-7-13)10-14(11)20-17(25)21-18(2,3)9-8-15(22)23/h4-5,10,13H,6-9H2,1-3H3,(H,19,24)(H,22,23)(H2,20,21,25). The Labute approximate surface area is 147 Å². The predicted octanol–water partition coefficient (Wildman–Crippen LogP) is 2.65. The topological polar surface area (TPSA) is 108 Å². The molecule has 2 rings (SSSR count). The Morgan fingerprint density at radius 2 is 1.92 bits per heavy atom. The summed E-state index contributed by atoms with van der Waals surface area (Å²) in [4.78, 5) is 35.0. The molecule has 1 aliphatic rings. The van der Waals surface area contributed by atoms with E-state index in [0.29, 0.717) is 17.7 Å². The lowest BCUT2D eigenvalue weighted by atomic mass is 9.99.